The maximum atomic E-state index is 13.1. The normalized spacial score (nSPS) is 20.4. The molecule has 0 unspecified atom stereocenters. The van der Waals surface area contributed by atoms with Crippen molar-refractivity contribution in [3.63, 3.8) is 0 Å². The first kappa shape index (κ1) is 21.1. The van der Waals surface area contributed by atoms with Gasteiger partial charge in [-0.15, -0.1) is 0 Å². The third-order valence-electron chi connectivity index (χ3n) is 7.10. The zero-order valence-corrected chi connectivity index (χ0v) is 19.2. The summed E-state index contributed by atoms with van der Waals surface area (Å²) in [6.07, 6.45) is 8.73. The van der Waals surface area contributed by atoms with Gasteiger partial charge in [0.25, 0.3) is 5.91 Å². The topological polar surface area (TPSA) is 73.9 Å². The molecule has 1 aliphatic heterocycles. The molecule has 1 amide bonds. The second-order valence-corrected chi connectivity index (χ2v) is 9.58. The van der Waals surface area contributed by atoms with E-state index in [2.05, 4.69) is 55.7 Å². The fourth-order valence-electron chi connectivity index (χ4n) is 5.13. The van der Waals surface area contributed by atoms with E-state index in [1.165, 1.54) is 30.4 Å². The molecule has 1 saturated heterocycles. The number of nitrogens with one attached hydrogen (secondary N) is 2. The maximum absolute atomic E-state index is 13.1. The first-order chi connectivity index (χ1) is 16.7. The van der Waals surface area contributed by atoms with E-state index in [9.17, 15) is 4.79 Å². The Morgan fingerprint density at radius 3 is 2.71 bits per heavy atom. The average Bonchev–Trinajstić information content (AvgIpc) is 3.51. The first-order valence-corrected chi connectivity index (χ1v) is 12.3. The van der Waals surface area contributed by atoms with Gasteiger partial charge in [0.1, 0.15) is 0 Å². The number of aromatic nitrogens is 3. The van der Waals surface area contributed by atoms with Crippen molar-refractivity contribution in [1.29, 1.82) is 0 Å². The Morgan fingerprint density at radius 2 is 1.85 bits per heavy atom. The Kier molecular flexibility index (Phi) is 5.59. The molecule has 6 rings (SSSR count). The molecule has 2 N–H and O–H groups in total. The molecule has 0 bridgehead atoms. The molecule has 6 nitrogen and oxygen atoms in total. The quantitative estimate of drug-likeness (QED) is 0.437. The Morgan fingerprint density at radius 1 is 1.00 bits per heavy atom. The summed E-state index contributed by atoms with van der Waals surface area (Å²) in [5.41, 5.74) is 5.93. The van der Waals surface area contributed by atoms with Crippen molar-refractivity contribution in [2.24, 2.45) is 0 Å². The summed E-state index contributed by atoms with van der Waals surface area (Å²) >= 11 is 0. The van der Waals surface area contributed by atoms with Crippen molar-refractivity contribution in [1.82, 2.24) is 25.4 Å². The Bertz CT molecular complexity index is 1310. The molecule has 2 aromatic heterocycles. The standard InChI is InChI=1S/C28H29N5O/c34-28(30-26-15-23(26)20-7-3-1-4-8-20)27-24-14-21(9-10-25(24)31-32-27)22-13-19(16-29-17-22)18-33-11-5-2-6-12-33/h1,3-4,7-10,13-14,16-17,23,26H,2,5-6,11-12,15,18H2,(H,30,34)(H,31,32)/t23-,26-/m1/s1. The van der Waals surface area contributed by atoms with E-state index in [0.717, 1.165) is 48.1 Å². The number of amides is 1. The van der Waals surface area contributed by atoms with Crippen molar-refractivity contribution in [2.45, 2.75) is 44.2 Å². The van der Waals surface area contributed by atoms with Crippen molar-refractivity contribution < 1.29 is 4.79 Å². The van der Waals surface area contributed by atoms with Gasteiger partial charge in [0.2, 0.25) is 0 Å². The van der Waals surface area contributed by atoms with Crippen LogP contribution in [0.25, 0.3) is 22.0 Å². The van der Waals surface area contributed by atoms with E-state index in [-0.39, 0.29) is 11.9 Å². The van der Waals surface area contributed by atoms with E-state index < -0.39 is 0 Å². The zero-order valence-electron chi connectivity index (χ0n) is 19.2. The first-order valence-electron chi connectivity index (χ1n) is 12.3. The van der Waals surface area contributed by atoms with Gasteiger partial charge < -0.3 is 5.32 Å². The second-order valence-electron chi connectivity index (χ2n) is 9.58. The van der Waals surface area contributed by atoms with Crippen molar-refractivity contribution in [3.05, 3.63) is 83.8 Å². The monoisotopic (exact) mass is 451 g/mol. The van der Waals surface area contributed by atoms with Crippen LogP contribution >= 0.6 is 0 Å². The summed E-state index contributed by atoms with van der Waals surface area (Å²) in [4.78, 5) is 20.1. The lowest BCUT2D eigenvalue weighted by Crippen LogP contribution is -2.29. The number of benzene rings is 2. The highest BCUT2D eigenvalue weighted by Gasteiger charge is 2.39. The van der Waals surface area contributed by atoms with E-state index >= 15 is 0 Å². The van der Waals surface area contributed by atoms with Gasteiger partial charge in [-0.2, -0.15) is 5.10 Å². The predicted molar refractivity (Wildman–Crippen MR) is 134 cm³/mol. The van der Waals surface area contributed by atoms with E-state index in [0.29, 0.717) is 11.6 Å². The van der Waals surface area contributed by atoms with E-state index in [1.54, 1.807) is 0 Å². The van der Waals surface area contributed by atoms with Crippen LogP contribution in [0.2, 0.25) is 0 Å². The number of hydrogen-bond acceptors (Lipinski definition) is 4. The van der Waals surface area contributed by atoms with Gasteiger partial charge in [-0.3, -0.25) is 19.8 Å². The number of fused-ring (bicyclic) bond motifs is 1. The molecule has 2 aliphatic rings. The SMILES string of the molecule is O=C(N[C@@H]1C[C@@H]1c1ccccc1)c1n[nH]c2ccc(-c3cncc(CN4CCCCC4)c3)cc12. The summed E-state index contributed by atoms with van der Waals surface area (Å²) in [5.74, 6) is 0.267. The predicted octanol–water partition coefficient (Wildman–Crippen LogP) is 4.90. The molecular weight excluding hydrogens is 422 g/mol. The van der Waals surface area contributed by atoms with Crippen molar-refractivity contribution in [3.8, 4) is 11.1 Å². The van der Waals surface area contributed by atoms with Gasteiger partial charge in [0, 0.05) is 41.8 Å². The molecule has 3 heterocycles. The highest BCUT2D eigenvalue weighted by atomic mass is 16.2. The van der Waals surface area contributed by atoms with E-state index in [1.807, 2.05) is 36.7 Å². The minimum Gasteiger partial charge on any atom is -0.347 e. The van der Waals surface area contributed by atoms with Gasteiger partial charge >= 0.3 is 0 Å². The van der Waals surface area contributed by atoms with Gasteiger partial charge in [-0.05, 0) is 67.2 Å². The Labute approximate surface area is 199 Å². The summed E-state index contributed by atoms with van der Waals surface area (Å²) in [7, 11) is 0. The summed E-state index contributed by atoms with van der Waals surface area (Å²) in [5, 5.41) is 11.4. The van der Waals surface area contributed by atoms with Gasteiger partial charge in [0.15, 0.2) is 5.69 Å². The van der Waals surface area contributed by atoms with Crippen LogP contribution in [0.5, 0.6) is 0 Å². The highest BCUT2D eigenvalue weighted by molar-refractivity contribution is 6.05. The molecule has 4 aromatic rings. The lowest BCUT2D eigenvalue weighted by molar-refractivity contribution is 0.0947. The van der Waals surface area contributed by atoms with Crippen LogP contribution in [0.15, 0.2) is 67.0 Å². The largest absolute Gasteiger partial charge is 0.347 e. The molecule has 34 heavy (non-hydrogen) atoms. The summed E-state index contributed by atoms with van der Waals surface area (Å²) < 4.78 is 0. The molecule has 1 saturated carbocycles. The summed E-state index contributed by atoms with van der Waals surface area (Å²) in [6.45, 7) is 3.26. The van der Waals surface area contributed by atoms with Crippen LogP contribution in [-0.2, 0) is 6.54 Å². The highest BCUT2D eigenvalue weighted by Crippen LogP contribution is 2.40. The van der Waals surface area contributed by atoms with Crippen LogP contribution in [0.3, 0.4) is 0 Å². The molecule has 0 radical (unpaired) electrons. The average molecular weight is 452 g/mol. The van der Waals surface area contributed by atoms with E-state index in [4.69, 9.17) is 0 Å². The molecule has 6 heteroatoms. The fourth-order valence-corrected chi connectivity index (χ4v) is 5.13. The number of carbonyl (C=O) groups is 1. The molecule has 2 atom stereocenters. The molecular formula is C28H29N5O. The van der Waals surface area contributed by atoms with Crippen LogP contribution < -0.4 is 5.32 Å². The number of carbonyl (C=O) groups excluding carboxylic acids is 1. The minimum atomic E-state index is -0.121. The van der Waals surface area contributed by atoms with Crippen LogP contribution in [0, 0.1) is 0 Å². The van der Waals surface area contributed by atoms with Crippen LogP contribution in [-0.4, -0.2) is 45.1 Å². The number of hydrogen-bond donors (Lipinski definition) is 2. The van der Waals surface area contributed by atoms with Crippen molar-refractivity contribution in [2.75, 3.05) is 13.1 Å². The molecule has 1 aliphatic carbocycles. The van der Waals surface area contributed by atoms with Gasteiger partial charge in [0.05, 0.1) is 5.52 Å². The van der Waals surface area contributed by atoms with Crippen molar-refractivity contribution >= 4 is 16.8 Å². The number of likely N-dealkylation sites (tertiary alicyclic amines) is 1. The molecule has 2 fully saturated rings. The number of rotatable bonds is 6. The van der Waals surface area contributed by atoms with Gasteiger partial charge in [-0.25, -0.2) is 0 Å². The number of pyridine rings is 1. The zero-order chi connectivity index (χ0) is 22.9. The second kappa shape index (κ2) is 9.03. The number of H-pyrrole nitrogens is 1. The smallest absolute Gasteiger partial charge is 0.272 e. The maximum Gasteiger partial charge on any atom is 0.272 e. The van der Waals surface area contributed by atoms with Crippen LogP contribution in [0.4, 0.5) is 0 Å². The Hall–Kier alpha value is -3.51. The number of aromatic amines is 1. The molecule has 0 spiro atoms. The van der Waals surface area contributed by atoms with Crippen LogP contribution in [0.1, 0.15) is 53.2 Å². The Balaban J connectivity index is 1.20. The minimum absolute atomic E-state index is 0.121. The summed E-state index contributed by atoms with van der Waals surface area (Å²) in [6, 6.07) is 18.9. The van der Waals surface area contributed by atoms with Gasteiger partial charge in [-0.1, -0.05) is 42.8 Å². The number of piperidine rings is 1. The fraction of sp³-hybridized carbons (Fsp3) is 0.321. The number of nitrogens with zero attached hydrogens (tertiary/aromatic N) is 3. The third kappa shape index (κ3) is 4.33. The molecule has 2 aromatic carbocycles. The lowest BCUT2D eigenvalue weighted by Gasteiger charge is -2.26. The molecule has 172 valence electrons. The lowest BCUT2D eigenvalue weighted by atomic mass is 10.0. The third-order valence-corrected chi connectivity index (χ3v) is 7.10.